The smallest absolute Gasteiger partial charge is 0.141 e. The standard InChI is InChI=1S/C6H5ClN4S4/c1-12-5-10-11-6(15-5)13-2-3-8-9-4(7)14-3/h2H2,1H3. The SMILES string of the molecule is CSc1nnc(SCc2nnc(Cl)s2)s1. The van der Waals surface area contributed by atoms with Crippen molar-refractivity contribution in [2.75, 3.05) is 6.26 Å². The summed E-state index contributed by atoms with van der Waals surface area (Å²) in [5.74, 6) is 0.743. The molecular formula is C6H5ClN4S4. The van der Waals surface area contributed by atoms with Crippen LogP contribution in [0, 0.1) is 0 Å². The minimum Gasteiger partial charge on any atom is -0.141 e. The summed E-state index contributed by atoms with van der Waals surface area (Å²) in [6, 6.07) is 0. The first kappa shape index (κ1) is 11.6. The van der Waals surface area contributed by atoms with Crippen LogP contribution in [-0.4, -0.2) is 26.7 Å². The normalized spacial score (nSPS) is 10.8. The molecule has 2 aromatic rings. The first-order chi connectivity index (χ1) is 7.28. The van der Waals surface area contributed by atoms with Gasteiger partial charge in [0.1, 0.15) is 5.01 Å². The third-order valence-electron chi connectivity index (χ3n) is 1.32. The van der Waals surface area contributed by atoms with Crippen LogP contribution in [-0.2, 0) is 5.75 Å². The highest BCUT2D eigenvalue weighted by Gasteiger charge is 2.06. The molecule has 0 amide bonds. The second kappa shape index (κ2) is 5.44. The van der Waals surface area contributed by atoms with Gasteiger partial charge >= 0.3 is 0 Å². The van der Waals surface area contributed by atoms with E-state index in [9.17, 15) is 0 Å². The fourth-order valence-corrected chi connectivity index (χ4v) is 4.04. The lowest BCUT2D eigenvalue weighted by atomic mass is 10.9. The van der Waals surface area contributed by atoms with Gasteiger partial charge in [0.05, 0.1) is 5.75 Å². The number of hydrogen-bond donors (Lipinski definition) is 0. The summed E-state index contributed by atoms with van der Waals surface area (Å²) in [7, 11) is 0. The summed E-state index contributed by atoms with van der Waals surface area (Å²) in [6.07, 6.45) is 1.99. The van der Waals surface area contributed by atoms with Crippen molar-refractivity contribution in [1.29, 1.82) is 0 Å². The molecule has 9 heteroatoms. The van der Waals surface area contributed by atoms with E-state index in [0.717, 1.165) is 19.4 Å². The van der Waals surface area contributed by atoms with E-state index < -0.39 is 0 Å². The predicted octanol–water partition coefficient (Wildman–Crippen LogP) is 3.06. The van der Waals surface area contributed by atoms with Crippen LogP contribution in [0.15, 0.2) is 8.68 Å². The van der Waals surface area contributed by atoms with Crippen molar-refractivity contribution in [2.24, 2.45) is 0 Å². The summed E-state index contributed by atoms with van der Waals surface area (Å²) in [4.78, 5) is 0. The van der Waals surface area contributed by atoms with Gasteiger partial charge < -0.3 is 0 Å². The van der Waals surface area contributed by atoms with Gasteiger partial charge in [0, 0.05) is 0 Å². The van der Waals surface area contributed by atoms with Crippen LogP contribution in [0.25, 0.3) is 0 Å². The third kappa shape index (κ3) is 3.28. The fourth-order valence-electron chi connectivity index (χ4n) is 0.753. The maximum Gasteiger partial charge on any atom is 0.207 e. The third-order valence-corrected chi connectivity index (χ3v) is 5.57. The van der Waals surface area contributed by atoms with Gasteiger partial charge in [0.15, 0.2) is 8.68 Å². The molecule has 0 fully saturated rings. The molecule has 0 aliphatic carbocycles. The number of nitrogens with zero attached hydrogens (tertiary/aromatic N) is 4. The van der Waals surface area contributed by atoms with Crippen molar-refractivity contribution < 1.29 is 0 Å². The van der Waals surface area contributed by atoms with Gasteiger partial charge in [-0.3, -0.25) is 0 Å². The molecule has 0 spiro atoms. The lowest BCUT2D eigenvalue weighted by Gasteiger charge is -1.89. The van der Waals surface area contributed by atoms with Gasteiger partial charge in [-0.05, 0) is 17.9 Å². The predicted molar refractivity (Wildman–Crippen MR) is 66.2 cm³/mol. The van der Waals surface area contributed by atoms with Crippen molar-refractivity contribution >= 4 is 57.8 Å². The second-order valence-electron chi connectivity index (χ2n) is 2.28. The molecule has 0 aromatic carbocycles. The van der Waals surface area contributed by atoms with Crippen LogP contribution >= 0.6 is 57.8 Å². The van der Waals surface area contributed by atoms with E-state index in [0.29, 0.717) is 4.47 Å². The Hall–Kier alpha value is 0.110. The highest BCUT2D eigenvalue weighted by atomic mass is 35.5. The first-order valence-electron chi connectivity index (χ1n) is 3.76. The maximum absolute atomic E-state index is 5.68. The van der Waals surface area contributed by atoms with E-state index in [1.807, 2.05) is 6.26 Å². The van der Waals surface area contributed by atoms with Crippen LogP contribution in [0.4, 0.5) is 0 Å². The second-order valence-corrected chi connectivity index (χ2v) is 7.17. The zero-order valence-corrected chi connectivity index (χ0v) is 11.5. The molecule has 15 heavy (non-hydrogen) atoms. The summed E-state index contributed by atoms with van der Waals surface area (Å²) in [5, 5.41) is 16.6. The minimum atomic E-state index is 0.479. The van der Waals surface area contributed by atoms with E-state index in [2.05, 4.69) is 20.4 Å². The highest BCUT2D eigenvalue weighted by molar-refractivity contribution is 8.02. The summed E-state index contributed by atoms with van der Waals surface area (Å²) < 4.78 is 2.41. The van der Waals surface area contributed by atoms with Gasteiger partial charge in [0.25, 0.3) is 0 Å². The van der Waals surface area contributed by atoms with Crippen molar-refractivity contribution in [3.8, 4) is 0 Å². The molecule has 0 bridgehead atoms. The summed E-state index contributed by atoms with van der Waals surface area (Å²) in [5.41, 5.74) is 0. The van der Waals surface area contributed by atoms with E-state index >= 15 is 0 Å². The van der Waals surface area contributed by atoms with Gasteiger partial charge in [-0.2, -0.15) is 0 Å². The number of aromatic nitrogens is 4. The number of hydrogen-bond acceptors (Lipinski definition) is 8. The van der Waals surface area contributed by atoms with Crippen LogP contribution in [0.1, 0.15) is 5.01 Å². The Kier molecular flexibility index (Phi) is 4.21. The molecule has 0 N–H and O–H groups in total. The van der Waals surface area contributed by atoms with E-state index in [-0.39, 0.29) is 0 Å². The van der Waals surface area contributed by atoms with E-state index in [1.165, 1.54) is 11.3 Å². The van der Waals surface area contributed by atoms with Gasteiger partial charge in [-0.15, -0.1) is 20.4 Å². The minimum absolute atomic E-state index is 0.479. The number of halogens is 1. The van der Waals surface area contributed by atoms with E-state index in [4.69, 9.17) is 11.6 Å². The van der Waals surface area contributed by atoms with Crippen LogP contribution < -0.4 is 0 Å². The molecule has 0 aliphatic rings. The molecule has 80 valence electrons. The summed E-state index contributed by atoms with van der Waals surface area (Å²) >= 11 is 11.9. The van der Waals surface area contributed by atoms with Crippen LogP contribution in [0.3, 0.4) is 0 Å². The molecule has 0 saturated heterocycles. The molecule has 0 radical (unpaired) electrons. The summed E-state index contributed by atoms with van der Waals surface area (Å²) in [6.45, 7) is 0. The quantitative estimate of drug-likeness (QED) is 0.808. The molecule has 0 aliphatic heterocycles. The molecule has 2 heterocycles. The molecule has 0 atom stereocenters. The number of rotatable bonds is 4. The monoisotopic (exact) mass is 296 g/mol. The molecule has 2 aromatic heterocycles. The molecule has 0 saturated carbocycles. The van der Waals surface area contributed by atoms with Crippen molar-refractivity contribution in [3.05, 3.63) is 9.47 Å². The van der Waals surface area contributed by atoms with Gasteiger partial charge in [-0.1, -0.05) is 46.2 Å². The van der Waals surface area contributed by atoms with Crippen molar-refractivity contribution in [3.63, 3.8) is 0 Å². The Morgan fingerprint density at radius 1 is 1.13 bits per heavy atom. The Labute approximate surface area is 108 Å². The Balaban J connectivity index is 1.93. The zero-order chi connectivity index (χ0) is 10.7. The topological polar surface area (TPSA) is 51.6 Å². The van der Waals surface area contributed by atoms with Crippen molar-refractivity contribution in [2.45, 2.75) is 14.4 Å². The van der Waals surface area contributed by atoms with Gasteiger partial charge in [-0.25, -0.2) is 0 Å². The zero-order valence-electron chi connectivity index (χ0n) is 7.51. The molecule has 4 nitrogen and oxygen atoms in total. The van der Waals surface area contributed by atoms with Crippen molar-refractivity contribution in [1.82, 2.24) is 20.4 Å². The van der Waals surface area contributed by atoms with Crippen LogP contribution in [0.2, 0.25) is 4.47 Å². The number of thioether (sulfide) groups is 2. The van der Waals surface area contributed by atoms with Gasteiger partial charge in [0.2, 0.25) is 4.47 Å². The lowest BCUT2D eigenvalue weighted by molar-refractivity contribution is 0.954. The lowest BCUT2D eigenvalue weighted by Crippen LogP contribution is -1.78. The average molecular weight is 297 g/mol. The maximum atomic E-state index is 5.68. The Morgan fingerprint density at radius 3 is 2.53 bits per heavy atom. The molecular weight excluding hydrogens is 292 g/mol. The first-order valence-corrected chi connectivity index (χ1v) is 7.98. The largest absolute Gasteiger partial charge is 0.207 e. The van der Waals surface area contributed by atoms with E-state index in [1.54, 1.807) is 34.9 Å². The molecule has 2 rings (SSSR count). The average Bonchev–Trinajstić information content (AvgIpc) is 2.83. The van der Waals surface area contributed by atoms with Crippen LogP contribution in [0.5, 0.6) is 0 Å². The highest BCUT2D eigenvalue weighted by Crippen LogP contribution is 2.30. The Morgan fingerprint density at radius 2 is 1.93 bits per heavy atom. The Bertz CT molecular complexity index is 442. The fraction of sp³-hybridized carbons (Fsp3) is 0.333. The molecule has 0 unspecified atom stereocenters.